The third-order valence-corrected chi connectivity index (χ3v) is 17.7. The molecule has 0 N–H and O–H groups in total. The zero-order valence-electron chi connectivity index (χ0n) is 58.1. The van der Waals surface area contributed by atoms with Gasteiger partial charge in [-0.2, -0.15) is 0 Å². The summed E-state index contributed by atoms with van der Waals surface area (Å²) in [6.07, 6.45) is 41.9. The second kappa shape index (κ2) is 64.0. The van der Waals surface area contributed by atoms with Crippen LogP contribution in [0.2, 0.25) is 0 Å². The summed E-state index contributed by atoms with van der Waals surface area (Å²) in [4.78, 5) is 108. The molecule has 0 radical (unpaired) electrons. The lowest BCUT2D eigenvalue weighted by Crippen LogP contribution is -2.34. The molecule has 0 aromatic rings. The Morgan fingerprint density at radius 2 is 0.511 bits per heavy atom. The van der Waals surface area contributed by atoms with Crippen LogP contribution in [0.5, 0.6) is 0 Å². The summed E-state index contributed by atoms with van der Waals surface area (Å²) in [6, 6.07) is 0. The van der Waals surface area contributed by atoms with Crippen molar-refractivity contribution in [3.8, 4) is 0 Å². The Bertz CT molecular complexity index is 2000. The average molecular weight is 1390 g/mol. The Kier molecular flexibility index (Phi) is 60.6. The maximum absolute atomic E-state index is 12.9. The van der Waals surface area contributed by atoms with Crippen molar-refractivity contribution in [3.05, 3.63) is 97.2 Å². The summed E-state index contributed by atoms with van der Waals surface area (Å²) < 4.78 is 43.1. The highest BCUT2D eigenvalue weighted by molar-refractivity contribution is 8.01. The van der Waals surface area contributed by atoms with E-state index in [1.54, 1.807) is 27.7 Å². The van der Waals surface area contributed by atoms with Crippen molar-refractivity contribution < 1.29 is 76.3 Å². The van der Waals surface area contributed by atoms with Gasteiger partial charge < -0.3 is 52.6 Å². The zero-order valence-corrected chi connectivity index (χ0v) is 61.4. The predicted molar refractivity (Wildman–Crippen MR) is 386 cm³/mol. The minimum absolute atomic E-state index is 0.0316. The first-order valence-electron chi connectivity index (χ1n) is 33.6. The first-order valence-corrected chi connectivity index (χ1v) is 37.8. The molecule has 4 atom stereocenters. The van der Waals surface area contributed by atoms with Gasteiger partial charge in [0.1, 0.15) is 52.9 Å². The molecule has 0 bridgehead atoms. The standard InChI is InChI=1S/C71H115N3O16S4/c1-10-14-18-22-26-30-56-91-60(5)68(79)87-52-48-83-64(75)36-44-73(45-37-65(76)84-49-53-88-69(80)61(6)92-57-31-27-23-19-15-11-2)42-34-40-72(9)41-35-43-74(46-38-66(77)85-50-54-89-70(81)62(7)93-58-32-28-24-20-16-12-3)47-39-67(78)86-51-55-90-71(82)63(8)94-59-33-29-25-21-17-13-4/h14-21,26-33,60-63H,10-13,22-25,34-59H2,1-9H3/b18-14-,19-15-,20-16-,21-17-,30-26-,31-27-,32-28-,33-29-. The molecule has 0 aliphatic rings. The highest BCUT2D eigenvalue weighted by Crippen LogP contribution is 2.16. The highest BCUT2D eigenvalue weighted by atomic mass is 32.2. The number of hydrogen-bond donors (Lipinski definition) is 0. The number of nitrogens with zero attached hydrogens (tertiary/aromatic N) is 3. The van der Waals surface area contributed by atoms with Crippen LogP contribution in [0.3, 0.4) is 0 Å². The van der Waals surface area contributed by atoms with E-state index >= 15 is 0 Å². The number of carbonyl (C=O) groups is 8. The molecule has 4 unspecified atom stereocenters. The maximum atomic E-state index is 12.9. The molecule has 0 aromatic heterocycles. The summed E-state index contributed by atoms with van der Waals surface area (Å²) in [5, 5.41) is -1.54. The number of ether oxygens (including phenoxy) is 8. The molecule has 0 saturated carbocycles. The lowest BCUT2D eigenvalue weighted by atomic mass is 10.2. The molecule has 0 heterocycles. The van der Waals surface area contributed by atoms with Crippen LogP contribution in [0.25, 0.3) is 0 Å². The second-order valence-electron chi connectivity index (χ2n) is 21.5. The van der Waals surface area contributed by atoms with E-state index < -0.39 is 23.9 Å². The molecule has 0 aliphatic carbocycles. The smallest absolute Gasteiger partial charge is 0.318 e. The van der Waals surface area contributed by atoms with E-state index in [1.165, 1.54) is 47.0 Å². The van der Waals surface area contributed by atoms with Gasteiger partial charge in [0.05, 0.1) is 46.7 Å². The van der Waals surface area contributed by atoms with Gasteiger partial charge in [0, 0.05) is 49.2 Å². The van der Waals surface area contributed by atoms with E-state index in [4.69, 9.17) is 37.9 Å². The van der Waals surface area contributed by atoms with E-state index in [1.807, 2.05) is 41.2 Å². The summed E-state index contributed by atoms with van der Waals surface area (Å²) >= 11 is 5.84. The molecule has 0 aliphatic heterocycles. The molecule has 0 spiro atoms. The molecule has 0 saturated heterocycles. The zero-order chi connectivity index (χ0) is 69.5. The van der Waals surface area contributed by atoms with Gasteiger partial charge in [0.25, 0.3) is 0 Å². The topological polar surface area (TPSA) is 220 Å². The van der Waals surface area contributed by atoms with E-state index in [9.17, 15) is 38.4 Å². The Labute approximate surface area is 581 Å². The van der Waals surface area contributed by atoms with Crippen molar-refractivity contribution >= 4 is 94.8 Å². The van der Waals surface area contributed by atoms with Gasteiger partial charge in [-0.3, -0.25) is 38.4 Å². The number of carbonyl (C=O) groups excluding carboxylic acids is 8. The molecule has 0 aromatic carbocycles. The van der Waals surface area contributed by atoms with Gasteiger partial charge in [-0.1, -0.05) is 125 Å². The van der Waals surface area contributed by atoms with Gasteiger partial charge in [-0.25, -0.2) is 0 Å². The molecule has 19 nitrogen and oxygen atoms in total. The lowest BCUT2D eigenvalue weighted by molar-refractivity contribution is -0.152. The molecule has 94 heavy (non-hydrogen) atoms. The van der Waals surface area contributed by atoms with Gasteiger partial charge >= 0.3 is 47.8 Å². The number of hydrogen-bond acceptors (Lipinski definition) is 23. The van der Waals surface area contributed by atoms with E-state index in [0.29, 0.717) is 88.2 Å². The number of esters is 8. The minimum Gasteiger partial charge on any atom is -0.462 e. The van der Waals surface area contributed by atoms with E-state index in [-0.39, 0.29) is 123 Å². The van der Waals surface area contributed by atoms with Crippen LogP contribution in [0.1, 0.15) is 145 Å². The number of allylic oxidation sites excluding steroid dienone is 12. The van der Waals surface area contributed by atoms with Crippen LogP contribution in [0, 0.1) is 0 Å². The summed E-state index contributed by atoms with van der Waals surface area (Å²) in [5.41, 5.74) is 0. The fourth-order valence-corrected chi connectivity index (χ4v) is 10.9. The molecular weight excluding hydrogens is 1280 g/mol. The first kappa shape index (κ1) is 89.0. The summed E-state index contributed by atoms with van der Waals surface area (Å²) in [7, 11) is 1.99. The fraction of sp³-hybridized carbons (Fsp3) is 0.662. The number of thioether (sulfide) groups is 4. The molecule has 0 amide bonds. The average Bonchev–Trinajstić information content (AvgIpc) is 3.63. The normalized spacial score (nSPS) is 13.4. The van der Waals surface area contributed by atoms with Crippen molar-refractivity contribution in [2.75, 3.05) is 135 Å². The van der Waals surface area contributed by atoms with Crippen LogP contribution in [0.4, 0.5) is 0 Å². The van der Waals surface area contributed by atoms with Crippen molar-refractivity contribution in [1.29, 1.82) is 0 Å². The van der Waals surface area contributed by atoms with Crippen LogP contribution in [-0.4, -0.2) is 219 Å². The molecule has 23 heteroatoms. The van der Waals surface area contributed by atoms with E-state index in [0.717, 1.165) is 51.4 Å². The first-order chi connectivity index (χ1) is 45.5. The quantitative estimate of drug-likeness (QED) is 0.0239. The third-order valence-electron chi connectivity index (χ3n) is 13.4. The number of rotatable bonds is 60. The maximum Gasteiger partial charge on any atom is 0.318 e. The van der Waals surface area contributed by atoms with Crippen molar-refractivity contribution in [2.24, 2.45) is 0 Å². The van der Waals surface area contributed by atoms with Crippen molar-refractivity contribution in [2.45, 2.75) is 166 Å². The van der Waals surface area contributed by atoms with Crippen molar-refractivity contribution in [3.63, 3.8) is 0 Å². The highest BCUT2D eigenvalue weighted by Gasteiger charge is 2.20. The Balaban J connectivity index is 5.59. The van der Waals surface area contributed by atoms with Crippen LogP contribution in [-0.2, 0) is 76.3 Å². The monoisotopic (exact) mass is 1390 g/mol. The minimum atomic E-state index is -0.475. The van der Waals surface area contributed by atoms with Gasteiger partial charge in [-0.15, -0.1) is 47.0 Å². The van der Waals surface area contributed by atoms with Crippen molar-refractivity contribution in [1.82, 2.24) is 14.7 Å². The largest absolute Gasteiger partial charge is 0.462 e. The SMILES string of the molecule is CC/C=C\C/C=C\CSC(C)C(=O)OCCOC(=O)CCN(CCCN(C)CCCN(CCC(=O)OCCOC(=O)C(C)SC/C=C\C/C=C\CC)CCC(=O)OCCOC(=O)C(C)SC/C=C\C/C=C\CC)CCC(=O)OCCOC(=O)C(C)SC/C=C\C/C=C\CC. The molecular formula is C71H115N3O16S4. The molecule has 0 rings (SSSR count). The summed E-state index contributed by atoms with van der Waals surface area (Å²) in [6.45, 7) is 18.4. The Morgan fingerprint density at radius 3 is 0.734 bits per heavy atom. The predicted octanol–water partition coefficient (Wildman–Crippen LogP) is 12.3. The second-order valence-corrected chi connectivity index (χ2v) is 27.0. The third kappa shape index (κ3) is 56.2. The van der Waals surface area contributed by atoms with Gasteiger partial charge in [-0.05, 0) is 125 Å². The molecule has 534 valence electrons. The molecule has 0 fully saturated rings. The van der Waals surface area contributed by atoms with Crippen LogP contribution in [0.15, 0.2) is 97.2 Å². The lowest BCUT2D eigenvalue weighted by Gasteiger charge is -2.25. The summed E-state index contributed by atoms with van der Waals surface area (Å²) in [5.74, 6) is -0.755. The fourth-order valence-electron chi connectivity index (χ4n) is 7.95. The van der Waals surface area contributed by atoms with Crippen LogP contribution < -0.4 is 0 Å². The van der Waals surface area contributed by atoms with Gasteiger partial charge in [0.2, 0.25) is 0 Å². The Morgan fingerprint density at radius 1 is 0.298 bits per heavy atom. The van der Waals surface area contributed by atoms with Gasteiger partial charge in [0.15, 0.2) is 0 Å². The Hall–Kier alpha value is -5.04. The van der Waals surface area contributed by atoms with Crippen LogP contribution >= 0.6 is 47.0 Å². The van der Waals surface area contributed by atoms with E-state index in [2.05, 4.69) is 106 Å².